The molecule has 3 nitrogen and oxygen atoms in total. The van der Waals surface area contributed by atoms with Crippen LogP contribution in [0.1, 0.15) is 27.2 Å². The number of amides is 1. The normalized spacial score (nSPS) is 26.1. The number of hydrogen-bond acceptors (Lipinski definition) is 2. The maximum absolute atomic E-state index is 11.9. The first kappa shape index (κ1) is 11.5. The van der Waals surface area contributed by atoms with Crippen LogP contribution in [0.3, 0.4) is 0 Å². The molecule has 0 aromatic carbocycles. The van der Waals surface area contributed by atoms with Crippen molar-refractivity contribution in [3.63, 3.8) is 0 Å². The van der Waals surface area contributed by atoms with Crippen molar-refractivity contribution in [3.8, 4) is 0 Å². The number of likely N-dealkylation sites (N-methyl/N-ethyl adjacent to an activating group) is 1. The van der Waals surface area contributed by atoms with Gasteiger partial charge in [0.2, 0.25) is 0 Å². The van der Waals surface area contributed by atoms with Crippen molar-refractivity contribution in [2.24, 2.45) is 11.8 Å². The topological polar surface area (TPSA) is 29.5 Å². The van der Waals surface area contributed by atoms with E-state index in [0.29, 0.717) is 5.92 Å². The van der Waals surface area contributed by atoms with Gasteiger partial charge < -0.3 is 9.64 Å². The molecule has 14 heavy (non-hydrogen) atoms. The highest BCUT2D eigenvalue weighted by atomic mass is 16.5. The van der Waals surface area contributed by atoms with Gasteiger partial charge in [0, 0.05) is 20.7 Å². The predicted octanol–water partition coefficient (Wildman–Crippen LogP) is 1.53. The second kappa shape index (κ2) is 3.89. The SMILES string of the molecule is COC(C)(C)C(=O)N(C)CC1CC1C. The molecule has 1 aliphatic carbocycles. The third-order valence-corrected chi connectivity index (χ3v) is 3.16. The van der Waals surface area contributed by atoms with Crippen LogP contribution in [0, 0.1) is 11.8 Å². The maximum atomic E-state index is 11.9. The molecule has 0 N–H and O–H groups in total. The Balaban J connectivity index is 2.43. The molecule has 0 aromatic rings. The molecule has 1 rings (SSSR count). The number of carbonyl (C=O) groups excluding carboxylic acids is 1. The number of carbonyl (C=O) groups is 1. The molecule has 82 valence electrons. The Kier molecular flexibility index (Phi) is 3.20. The number of rotatable bonds is 4. The highest BCUT2D eigenvalue weighted by Gasteiger charge is 2.37. The Hall–Kier alpha value is -0.570. The van der Waals surface area contributed by atoms with Gasteiger partial charge >= 0.3 is 0 Å². The number of methoxy groups -OCH3 is 1. The first-order chi connectivity index (χ1) is 6.38. The van der Waals surface area contributed by atoms with Crippen molar-refractivity contribution in [1.29, 1.82) is 0 Å². The van der Waals surface area contributed by atoms with Gasteiger partial charge in [-0.05, 0) is 32.1 Å². The largest absolute Gasteiger partial charge is 0.369 e. The van der Waals surface area contributed by atoms with E-state index in [1.165, 1.54) is 6.42 Å². The molecule has 0 bridgehead atoms. The van der Waals surface area contributed by atoms with Crippen LogP contribution in [0.15, 0.2) is 0 Å². The summed E-state index contributed by atoms with van der Waals surface area (Å²) in [5.74, 6) is 1.56. The van der Waals surface area contributed by atoms with E-state index >= 15 is 0 Å². The molecule has 2 atom stereocenters. The summed E-state index contributed by atoms with van der Waals surface area (Å²) in [5, 5.41) is 0. The third kappa shape index (κ3) is 2.47. The smallest absolute Gasteiger partial charge is 0.253 e. The average Bonchev–Trinajstić information content (AvgIpc) is 2.80. The fourth-order valence-corrected chi connectivity index (χ4v) is 1.64. The lowest BCUT2D eigenvalue weighted by Crippen LogP contribution is -2.45. The monoisotopic (exact) mass is 199 g/mol. The first-order valence-electron chi connectivity index (χ1n) is 5.19. The Labute approximate surface area is 86.4 Å². The quantitative estimate of drug-likeness (QED) is 0.687. The Bertz CT molecular complexity index is 225. The number of hydrogen-bond donors (Lipinski definition) is 0. The van der Waals surface area contributed by atoms with Crippen molar-refractivity contribution in [3.05, 3.63) is 0 Å². The summed E-state index contributed by atoms with van der Waals surface area (Å²) in [5.41, 5.74) is -0.688. The summed E-state index contributed by atoms with van der Waals surface area (Å²) in [6.07, 6.45) is 1.25. The molecule has 3 heteroatoms. The van der Waals surface area contributed by atoms with Crippen molar-refractivity contribution in [2.75, 3.05) is 20.7 Å². The molecule has 1 fully saturated rings. The number of nitrogens with zero attached hydrogens (tertiary/aromatic N) is 1. The zero-order valence-electron chi connectivity index (χ0n) is 9.83. The van der Waals surface area contributed by atoms with Gasteiger partial charge in [-0.15, -0.1) is 0 Å². The van der Waals surface area contributed by atoms with E-state index in [9.17, 15) is 4.79 Å². The van der Waals surface area contributed by atoms with Gasteiger partial charge in [0.15, 0.2) is 0 Å². The second-order valence-electron chi connectivity index (χ2n) is 4.87. The van der Waals surface area contributed by atoms with E-state index in [4.69, 9.17) is 4.74 Å². The van der Waals surface area contributed by atoms with Crippen LogP contribution < -0.4 is 0 Å². The van der Waals surface area contributed by atoms with Crippen molar-refractivity contribution < 1.29 is 9.53 Å². The van der Waals surface area contributed by atoms with Gasteiger partial charge in [-0.1, -0.05) is 6.92 Å². The van der Waals surface area contributed by atoms with Gasteiger partial charge in [-0.2, -0.15) is 0 Å². The fourth-order valence-electron chi connectivity index (χ4n) is 1.64. The van der Waals surface area contributed by atoms with E-state index in [-0.39, 0.29) is 5.91 Å². The summed E-state index contributed by atoms with van der Waals surface area (Å²) in [6.45, 7) is 6.71. The molecule has 0 aliphatic heterocycles. The van der Waals surface area contributed by atoms with Crippen LogP contribution in [0.25, 0.3) is 0 Å². The van der Waals surface area contributed by atoms with E-state index in [0.717, 1.165) is 12.5 Å². The number of ether oxygens (including phenoxy) is 1. The lowest BCUT2D eigenvalue weighted by atomic mass is 10.1. The Morgan fingerprint density at radius 1 is 1.57 bits per heavy atom. The summed E-state index contributed by atoms with van der Waals surface area (Å²) in [6, 6.07) is 0. The van der Waals surface area contributed by atoms with Crippen molar-refractivity contribution >= 4 is 5.91 Å². The summed E-state index contributed by atoms with van der Waals surface area (Å²) in [7, 11) is 3.43. The van der Waals surface area contributed by atoms with Gasteiger partial charge in [0.25, 0.3) is 5.91 Å². The third-order valence-electron chi connectivity index (χ3n) is 3.16. The molecular weight excluding hydrogens is 178 g/mol. The first-order valence-corrected chi connectivity index (χ1v) is 5.19. The van der Waals surface area contributed by atoms with Crippen molar-refractivity contribution in [2.45, 2.75) is 32.8 Å². The van der Waals surface area contributed by atoms with Crippen LogP contribution in [-0.4, -0.2) is 37.1 Å². The summed E-state index contributed by atoms with van der Waals surface area (Å²) in [4.78, 5) is 13.7. The maximum Gasteiger partial charge on any atom is 0.253 e. The molecule has 1 amide bonds. The Morgan fingerprint density at radius 3 is 2.43 bits per heavy atom. The van der Waals surface area contributed by atoms with E-state index in [1.54, 1.807) is 12.0 Å². The summed E-state index contributed by atoms with van der Waals surface area (Å²) < 4.78 is 5.16. The predicted molar refractivity (Wildman–Crippen MR) is 56.0 cm³/mol. The van der Waals surface area contributed by atoms with Crippen LogP contribution in [0.2, 0.25) is 0 Å². The lowest BCUT2D eigenvalue weighted by Gasteiger charge is -2.28. The minimum atomic E-state index is -0.688. The molecule has 0 aromatic heterocycles. The van der Waals surface area contributed by atoms with Gasteiger partial charge in [0.1, 0.15) is 5.60 Å². The molecule has 0 saturated heterocycles. The standard InChI is InChI=1S/C11H21NO2/c1-8-6-9(8)7-12(4)10(13)11(2,3)14-5/h8-9H,6-7H2,1-5H3. The van der Waals surface area contributed by atoms with Crippen LogP contribution >= 0.6 is 0 Å². The van der Waals surface area contributed by atoms with Crippen molar-refractivity contribution in [1.82, 2.24) is 4.90 Å². The van der Waals surface area contributed by atoms with E-state index < -0.39 is 5.60 Å². The molecule has 1 saturated carbocycles. The fraction of sp³-hybridized carbons (Fsp3) is 0.909. The van der Waals surface area contributed by atoms with Crippen LogP contribution in [-0.2, 0) is 9.53 Å². The van der Waals surface area contributed by atoms with E-state index in [2.05, 4.69) is 6.92 Å². The zero-order valence-corrected chi connectivity index (χ0v) is 9.83. The minimum Gasteiger partial charge on any atom is -0.369 e. The second-order valence-corrected chi connectivity index (χ2v) is 4.87. The molecule has 0 radical (unpaired) electrons. The molecule has 2 unspecified atom stereocenters. The molecule has 0 spiro atoms. The van der Waals surface area contributed by atoms with E-state index in [1.807, 2.05) is 20.9 Å². The zero-order chi connectivity index (χ0) is 10.9. The molecule has 0 heterocycles. The van der Waals surface area contributed by atoms with Crippen LogP contribution in [0.5, 0.6) is 0 Å². The van der Waals surface area contributed by atoms with Gasteiger partial charge in [-0.25, -0.2) is 0 Å². The van der Waals surface area contributed by atoms with Gasteiger partial charge in [0.05, 0.1) is 0 Å². The minimum absolute atomic E-state index is 0.0686. The molecular formula is C11H21NO2. The highest BCUT2D eigenvalue weighted by Crippen LogP contribution is 2.38. The molecule has 1 aliphatic rings. The lowest BCUT2D eigenvalue weighted by molar-refractivity contribution is -0.149. The summed E-state index contributed by atoms with van der Waals surface area (Å²) >= 11 is 0. The highest BCUT2D eigenvalue weighted by molar-refractivity contribution is 5.84. The van der Waals surface area contributed by atoms with Crippen LogP contribution in [0.4, 0.5) is 0 Å². The Morgan fingerprint density at radius 2 is 2.07 bits per heavy atom. The van der Waals surface area contributed by atoms with Gasteiger partial charge in [-0.3, -0.25) is 4.79 Å². The average molecular weight is 199 g/mol.